The SMILES string of the molecule is C=C(C)CCCCCC(=C)N.C=C1C=CC=CN1. The molecule has 0 aliphatic carbocycles. The van der Waals surface area contributed by atoms with Gasteiger partial charge >= 0.3 is 0 Å². The molecule has 0 radical (unpaired) electrons. The van der Waals surface area contributed by atoms with Crippen molar-refractivity contribution in [2.24, 2.45) is 5.73 Å². The van der Waals surface area contributed by atoms with E-state index in [9.17, 15) is 0 Å². The Labute approximate surface area is 112 Å². The van der Waals surface area contributed by atoms with Gasteiger partial charge in [0.15, 0.2) is 0 Å². The number of nitrogens with two attached hydrogens (primary N) is 1. The molecule has 0 atom stereocenters. The summed E-state index contributed by atoms with van der Waals surface area (Å²) in [4.78, 5) is 0. The molecule has 1 aliphatic rings. The molecular weight excluding hydrogens is 220 g/mol. The van der Waals surface area contributed by atoms with Gasteiger partial charge in [0, 0.05) is 17.6 Å². The van der Waals surface area contributed by atoms with Gasteiger partial charge in [-0.25, -0.2) is 0 Å². The first-order valence-electron chi connectivity index (χ1n) is 6.38. The van der Waals surface area contributed by atoms with E-state index in [-0.39, 0.29) is 0 Å². The first kappa shape index (κ1) is 16.3. The summed E-state index contributed by atoms with van der Waals surface area (Å²) < 4.78 is 0. The van der Waals surface area contributed by atoms with Gasteiger partial charge in [0.1, 0.15) is 0 Å². The van der Waals surface area contributed by atoms with Crippen LogP contribution in [-0.4, -0.2) is 0 Å². The van der Waals surface area contributed by atoms with E-state index in [1.165, 1.54) is 24.8 Å². The molecular formula is C16H26N2. The van der Waals surface area contributed by atoms with E-state index in [1.54, 1.807) is 0 Å². The molecule has 1 heterocycles. The van der Waals surface area contributed by atoms with Crippen molar-refractivity contribution in [1.29, 1.82) is 0 Å². The van der Waals surface area contributed by atoms with Crippen LogP contribution < -0.4 is 11.1 Å². The number of dihydropyridines is 1. The lowest BCUT2D eigenvalue weighted by atomic mass is 10.1. The fourth-order valence-electron chi connectivity index (χ4n) is 1.39. The van der Waals surface area contributed by atoms with Crippen molar-refractivity contribution in [2.45, 2.75) is 39.0 Å². The lowest BCUT2D eigenvalue weighted by Gasteiger charge is -2.00. The molecule has 0 saturated heterocycles. The number of hydrogen-bond acceptors (Lipinski definition) is 2. The summed E-state index contributed by atoms with van der Waals surface area (Å²) in [5.74, 6) is 0. The highest BCUT2D eigenvalue weighted by molar-refractivity contribution is 5.23. The number of allylic oxidation sites excluding steroid dienone is 5. The van der Waals surface area contributed by atoms with Gasteiger partial charge < -0.3 is 11.1 Å². The van der Waals surface area contributed by atoms with E-state index in [2.05, 4.69) is 32.0 Å². The highest BCUT2D eigenvalue weighted by atomic mass is 14.8. The van der Waals surface area contributed by atoms with E-state index < -0.39 is 0 Å². The van der Waals surface area contributed by atoms with Gasteiger partial charge in [-0.1, -0.05) is 31.2 Å². The molecule has 0 spiro atoms. The van der Waals surface area contributed by atoms with Gasteiger partial charge in [-0.3, -0.25) is 0 Å². The lowest BCUT2D eigenvalue weighted by molar-refractivity contribution is 0.672. The summed E-state index contributed by atoms with van der Waals surface area (Å²) in [6, 6.07) is 0. The van der Waals surface area contributed by atoms with E-state index in [4.69, 9.17) is 5.73 Å². The molecule has 100 valence electrons. The third-order valence-electron chi connectivity index (χ3n) is 2.37. The molecule has 0 aromatic carbocycles. The second-order valence-electron chi connectivity index (χ2n) is 4.56. The zero-order chi connectivity index (χ0) is 13.8. The minimum atomic E-state index is 0.806. The smallest absolute Gasteiger partial charge is 0.0306 e. The van der Waals surface area contributed by atoms with Gasteiger partial charge in [0.25, 0.3) is 0 Å². The summed E-state index contributed by atoms with van der Waals surface area (Å²) in [5.41, 5.74) is 8.45. The summed E-state index contributed by atoms with van der Waals surface area (Å²) in [6.07, 6.45) is 13.4. The summed E-state index contributed by atoms with van der Waals surface area (Å²) >= 11 is 0. The third kappa shape index (κ3) is 12.4. The van der Waals surface area contributed by atoms with Gasteiger partial charge in [-0.05, 0) is 44.8 Å². The van der Waals surface area contributed by atoms with Crippen LogP contribution in [0.5, 0.6) is 0 Å². The van der Waals surface area contributed by atoms with Crippen LogP contribution in [0.25, 0.3) is 0 Å². The monoisotopic (exact) mass is 246 g/mol. The van der Waals surface area contributed by atoms with E-state index in [0.717, 1.165) is 24.2 Å². The van der Waals surface area contributed by atoms with E-state index in [1.807, 2.05) is 24.4 Å². The van der Waals surface area contributed by atoms with Crippen LogP contribution in [0, 0.1) is 0 Å². The second kappa shape index (κ2) is 10.5. The average Bonchev–Trinajstić information content (AvgIpc) is 2.29. The van der Waals surface area contributed by atoms with Crippen LogP contribution in [-0.2, 0) is 0 Å². The number of rotatable bonds is 6. The summed E-state index contributed by atoms with van der Waals surface area (Å²) in [7, 11) is 0. The van der Waals surface area contributed by atoms with Crippen molar-refractivity contribution in [1.82, 2.24) is 5.32 Å². The van der Waals surface area contributed by atoms with Gasteiger partial charge in [0.05, 0.1) is 0 Å². The van der Waals surface area contributed by atoms with Crippen molar-refractivity contribution in [3.8, 4) is 0 Å². The summed E-state index contributed by atoms with van der Waals surface area (Å²) in [5, 5.41) is 2.92. The van der Waals surface area contributed by atoms with Crippen molar-refractivity contribution in [3.63, 3.8) is 0 Å². The maximum Gasteiger partial charge on any atom is 0.0306 e. The zero-order valence-electron chi connectivity index (χ0n) is 11.5. The molecule has 0 unspecified atom stereocenters. The van der Waals surface area contributed by atoms with Crippen LogP contribution in [0.1, 0.15) is 39.0 Å². The average molecular weight is 246 g/mol. The number of hydrogen-bond donors (Lipinski definition) is 2. The van der Waals surface area contributed by atoms with Crippen LogP contribution in [0.4, 0.5) is 0 Å². The molecule has 0 aromatic rings. The minimum absolute atomic E-state index is 0.806. The molecule has 0 fully saturated rings. The quantitative estimate of drug-likeness (QED) is 0.545. The van der Waals surface area contributed by atoms with Crippen molar-refractivity contribution in [3.05, 3.63) is 61.1 Å². The normalized spacial score (nSPS) is 12.4. The highest BCUT2D eigenvalue weighted by Crippen LogP contribution is 2.08. The van der Waals surface area contributed by atoms with Gasteiger partial charge in [-0.2, -0.15) is 0 Å². The fraction of sp³-hybridized carbons (Fsp3) is 0.375. The number of unbranched alkanes of at least 4 members (excludes halogenated alkanes) is 2. The molecule has 3 N–H and O–H groups in total. The minimum Gasteiger partial charge on any atom is -0.403 e. The predicted molar refractivity (Wildman–Crippen MR) is 81.8 cm³/mol. The maximum absolute atomic E-state index is 5.42. The second-order valence-corrected chi connectivity index (χ2v) is 4.56. The standard InChI is InChI=1S/C10H19N.C6H7N/c1-9(2)7-5-4-6-8-10(3)11;1-6-4-2-3-5-7-6/h1,3-8,11H2,2H3;2-5,7H,1H2. The Morgan fingerprint density at radius 1 is 1.17 bits per heavy atom. The molecule has 2 nitrogen and oxygen atoms in total. The largest absolute Gasteiger partial charge is 0.403 e. The molecule has 2 heteroatoms. The zero-order valence-corrected chi connectivity index (χ0v) is 11.5. The molecule has 18 heavy (non-hydrogen) atoms. The molecule has 0 amide bonds. The molecule has 0 aromatic heterocycles. The first-order valence-corrected chi connectivity index (χ1v) is 6.38. The Morgan fingerprint density at radius 3 is 2.22 bits per heavy atom. The van der Waals surface area contributed by atoms with Crippen LogP contribution >= 0.6 is 0 Å². The Morgan fingerprint density at radius 2 is 1.83 bits per heavy atom. The Balaban J connectivity index is 0.000000351. The Hall–Kier alpha value is -1.70. The van der Waals surface area contributed by atoms with E-state index >= 15 is 0 Å². The Kier molecular flexibility index (Phi) is 9.47. The predicted octanol–water partition coefficient (Wildman–Crippen LogP) is 4.16. The van der Waals surface area contributed by atoms with Gasteiger partial charge in [-0.15, -0.1) is 6.58 Å². The molecule has 1 rings (SSSR count). The van der Waals surface area contributed by atoms with Crippen molar-refractivity contribution < 1.29 is 0 Å². The molecule has 1 aliphatic heterocycles. The van der Waals surface area contributed by atoms with Gasteiger partial charge in [0.2, 0.25) is 0 Å². The topological polar surface area (TPSA) is 38.0 Å². The van der Waals surface area contributed by atoms with Crippen LogP contribution in [0.15, 0.2) is 61.1 Å². The number of nitrogens with one attached hydrogen (secondary N) is 1. The fourth-order valence-corrected chi connectivity index (χ4v) is 1.39. The molecule has 0 saturated carbocycles. The first-order chi connectivity index (χ1) is 8.52. The highest BCUT2D eigenvalue weighted by Gasteiger charge is 1.90. The Bertz CT molecular complexity index is 319. The summed E-state index contributed by atoms with van der Waals surface area (Å²) in [6.45, 7) is 13.2. The molecule has 0 bridgehead atoms. The van der Waals surface area contributed by atoms with Crippen LogP contribution in [0.3, 0.4) is 0 Å². The van der Waals surface area contributed by atoms with Crippen LogP contribution in [0.2, 0.25) is 0 Å². The lowest BCUT2D eigenvalue weighted by Crippen LogP contribution is -2.01. The van der Waals surface area contributed by atoms with E-state index in [0.29, 0.717) is 0 Å². The third-order valence-corrected chi connectivity index (χ3v) is 2.37. The van der Waals surface area contributed by atoms with Crippen molar-refractivity contribution in [2.75, 3.05) is 0 Å². The van der Waals surface area contributed by atoms with Crippen molar-refractivity contribution >= 4 is 0 Å². The maximum atomic E-state index is 5.42.